The lowest BCUT2D eigenvalue weighted by Crippen LogP contribution is -2.30. The van der Waals surface area contributed by atoms with Crippen LogP contribution in [0.25, 0.3) is 5.65 Å². The Morgan fingerprint density at radius 1 is 1.37 bits per heavy atom. The maximum atomic E-state index is 9.32. The summed E-state index contributed by atoms with van der Waals surface area (Å²) < 4.78 is 1.55. The van der Waals surface area contributed by atoms with Crippen LogP contribution in [0, 0.1) is 11.3 Å². The number of aliphatic imine (C=N–C) groups is 1. The number of imidazole rings is 1. The van der Waals surface area contributed by atoms with Crippen molar-refractivity contribution in [1.29, 1.82) is 5.26 Å². The van der Waals surface area contributed by atoms with Crippen molar-refractivity contribution in [3.8, 4) is 6.07 Å². The van der Waals surface area contributed by atoms with E-state index in [1.54, 1.807) is 11.6 Å². The minimum atomic E-state index is 0.383. The maximum Gasteiger partial charge on any atom is 0.178 e. The van der Waals surface area contributed by atoms with E-state index < -0.39 is 0 Å². The molecule has 0 amide bonds. The molecule has 0 atom stereocenters. The van der Waals surface area contributed by atoms with Crippen molar-refractivity contribution in [2.45, 2.75) is 18.9 Å². The highest BCUT2D eigenvalue weighted by Gasteiger charge is 2.23. The second-order valence-electron chi connectivity index (χ2n) is 6.27. The topological polar surface area (TPSA) is 128 Å². The summed E-state index contributed by atoms with van der Waals surface area (Å²) in [6.45, 7) is 0. The summed E-state index contributed by atoms with van der Waals surface area (Å²) in [6.07, 6.45) is 3.80. The van der Waals surface area contributed by atoms with E-state index >= 15 is 0 Å². The van der Waals surface area contributed by atoms with Crippen LogP contribution in [0.1, 0.15) is 24.1 Å². The van der Waals surface area contributed by atoms with E-state index in [1.165, 1.54) is 6.20 Å². The van der Waals surface area contributed by atoms with E-state index in [2.05, 4.69) is 37.2 Å². The molecule has 0 bridgehead atoms. The molecule has 1 aliphatic rings. The number of nitrogens with zero attached hydrogens (tertiary/aromatic N) is 5. The summed E-state index contributed by atoms with van der Waals surface area (Å²) >= 11 is 0. The van der Waals surface area contributed by atoms with Crippen molar-refractivity contribution >= 4 is 28.7 Å². The van der Waals surface area contributed by atoms with E-state index in [1.807, 2.05) is 30.3 Å². The smallest absolute Gasteiger partial charge is 0.178 e. The minimum Gasteiger partial charge on any atom is -0.379 e. The van der Waals surface area contributed by atoms with Crippen LogP contribution in [-0.2, 0) is 0 Å². The number of benzene rings is 1. The molecule has 0 spiro atoms. The molecule has 1 aliphatic carbocycles. The third kappa shape index (κ3) is 3.38. The van der Waals surface area contributed by atoms with E-state index in [4.69, 9.17) is 5.84 Å². The summed E-state index contributed by atoms with van der Waals surface area (Å²) in [6, 6.07) is 12.1. The summed E-state index contributed by atoms with van der Waals surface area (Å²) in [4.78, 5) is 8.44. The zero-order valence-corrected chi connectivity index (χ0v) is 14.8. The molecular formula is C18H19N9. The zero-order valence-electron chi connectivity index (χ0n) is 14.8. The second kappa shape index (κ2) is 6.93. The molecule has 1 saturated carbocycles. The molecule has 4 rings (SSSR count). The summed E-state index contributed by atoms with van der Waals surface area (Å²) in [5.74, 6) is 6.70. The Morgan fingerprint density at radius 3 is 2.93 bits per heavy atom. The van der Waals surface area contributed by atoms with Gasteiger partial charge < -0.3 is 16.1 Å². The second-order valence-corrected chi connectivity index (χ2v) is 6.27. The molecule has 136 valence electrons. The number of hydrogen-bond acceptors (Lipinski definition) is 7. The van der Waals surface area contributed by atoms with Crippen molar-refractivity contribution in [2.24, 2.45) is 10.8 Å². The molecule has 0 saturated heterocycles. The first kappa shape index (κ1) is 16.8. The third-order valence-electron chi connectivity index (χ3n) is 4.29. The minimum absolute atomic E-state index is 0.383. The predicted molar refractivity (Wildman–Crippen MR) is 104 cm³/mol. The van der Waals surface area contributed by atoms with Gasteiger partial charge in [-0.2, -0.15) is 9.78 Å². The fourth-order valence-electron chi connectivity index (χ4n) is 2.83. The lowest BCUT2D eigenvalue weighted by Gasteiger charge is -2.12. The van der Waals surface area contributed by atoms with Crippen LogP contribution in [0.2, 0.25) is 0 Å². The first-order valence-electron chi connectivity index (χ1n) is 8.58. The highest BCUT2D eigenvalue weighted by atomic mass is 15.3. The molecule has 5 N–H and O–H groups in total. The standard InChI is InChI=1S/C18H19N9/c1-21-17(25-20)11-3-2-4-13(7-11)24-16-8-15(23-12-5-6-12)18-22-10-14(9-19)27(18)26-16/h2-4,7-8,10,12,23H,5-6,20H2,1H3,(H,21,25)(H,24,26). The lowest BCUT2D eigenvalue weighted by atomic mass is 10.2. The van der Waals surface area contributed by atoms with Gasteiger partial charge in [0.15, 0.2) is 17.2 Å². The third-order valence-corrected chi connectivity index (χ3v) is 4.29. The Kier molecular flexibility index (Phi) is 4.32. The van der Waals surface area contributed by atoms with Gasteiger partial charge in [-0.15, -0.1) is 5.10 Å². The maximum absolute atomic E-state index is 9.32. The summed E-state index contributed by atoms with van der Waals surface area (Å²) in [5, 5.41) is 20.6. The van der Waals surface area contributed by atoms with Gasteiger partial charge in [0, 0.05) is 30.4 Å². The molecule has 2 aromatic heterocycles. The zero-order chi connectivity index (χ0) is 18.8. The van der Waals surface area contributed by atoms with Crippen LogP contribution >= 0.6 is 0 Å². The Bertz CT molecular complexity index is 1060. The fourth-order valence-corrected chi connectivity index (χ4v) is 2.83. The molecule has 1 fully saturated rings. The molecular weight excluding hydrogens is 342 g/mol. The van der Waals surface area contributed by atoms with Crippen molar-refractivity contribution in [3.05, 3.63) is 47.8 Å². The quantitative estimate of drug-likeness (QED) is 0.236. The van der Waals surface area contributed by atoms with Gasteiger partial charge in [0.05, 0.1) is 11.9 Å². The van der Waals surface area contributed by atoms with Gasteiger partial charge in [0.1, 0.15) is 11.9 Å². The number of anilines is 3. The predicted octanol–water partition coefficient (Wildman–Crippen LogP) is 1.76. The molecule has 9 heteroatoms. The van der Waals surface area contributed by atoms with E-state index in [0.717, 1.165) is 29.8 Å². The average Bonchev–Trinajstić information content (AvgIpc) is 3.39. The highest BCUT2D eigenvalue weighted by Crippen LogP contribution is 2.29. The van der Waals surface area contributed by atoms with Gasteiger partial charge in [0.25, 0.3) is 0 Å². The number of fused-ring (bicyclic) bond motifs is 1. The number of amidine groups is 1. The van der Waals surface area contributed by atoms with E-state index in [0.29, 0.717) is 29.0 Å². The molecule has 0 radical (unpaired) electrons. The van der Waals surface area contributed by atoms with Gasteiger partial charge in [-0.1, -0.05) is 12.1 Å². The van der Waals surface area contributed by atoms with Crippen molar-refractivity contribution in [1.82, 2.24) is 20.0 Å². The molecule has 9 nitrogen and oxygen atoms in total. The largest absolute Gasteiger partial charge is 0.379 e. The molecule has 2 heterocycles. The van der Waals surface area contributed by atoms with Crippen molar-refractivity contribution < 1.29 is 0 Å². The van der Waals surface area contributed by atoms with Crippen LogP contribution in [0.15, 0.2) is 41.5 Å². The fraction of sp³-hybridized carbons (Fsp3) is 0.222. The van der Waals surface area contributed by atoms with E-state index in [9.17, 15) is 5.26 Å². The van der Waals surface area contributed by atoms with Crippen molar-refractivity contribution in [2.75, 3.05) is 17.7 Å². The molecule has 0 unspecified atom stereocenters. The average molecular weight is 361 g/mol. The SMILES string of the molecule is CN=C(NN)c1cccc(Nc2cc(NC3CC3)c3ncc(C#N)n3n2)c1. The monoisotopic (exact) mass is 361 g/mol. The van der Waals surface area contributed by atoms with E-state index in [-0.39, 0.29) is 0 Å². The number of rotatable bonds is 5. The molecule has 27 heavy (non-hydrogen) atoms. The van der Waals surface area contributed by atoms with Crippen LogP contribution in [0.3, 0.4) is 0 Å². The number of aromatic nitrogens is 3. The number of nitrogens with two attached hydrogens (primary N) is 1. The Labute approximate surface area is 155 Å². The lowest BCUT2D eigenvalue weighted by molar-refractivity contribution is 0.924. The van der Waals surface area contributed by atoms with Crippen LogP contribution < -0.4 is 21.9 Å². The Hall–Kier alpha value is -3.64. The Morgan fingerprint density at radius 2 is 2.22 bits per heavy atom. The molecule has 1 aromatic carbocycles. The number of hydrogen-bond donors (Lipinski definition) is 4. The van der Waals surface area contributed by atoms with Gasteiger partial charge >= 0.3 is 0 Å². The summed E-state index contributed by atoms with van der Waals surface area (Å²) in [5.41, 5.74) is 6.14. The van der Waals surface area contributed by atoms with Crippen LogP contribution in [0.4, 0.5) is 17.2 Å². The highest BCUT2D eigenvalue weighted by molar-refractivity contribution is 5.99. The van der Waals surface area contributed by atoms with Crippen LogP contribution in [-0.4, -0.2) is 33.5 Å². The number of nitriles is 1. The molecule has 3 aromatic rings. The first-order valence-corrected chi connectivity index (χ1v) is 8.58. The number of nitrogens with one attached hydrogen (secondary N) is 3. The Balaban J connectivity index is 1.71. The van der Waals surface area contributed by atoms with Gasteiger partial charge in [-0.25, -0.2) is 10.8 Å². The van der Waals surface area contributed by atoms with Gasteiger partial charge in [-0.3, -0.25) is 4.99 Å². The normalized spacial score (nSPS) is 14.0. The summed E-state index contributed by atoms with van der Waals surface area (Å²) in [7, 11) is 1.67. The van der Waals surface area contributed by atoms with Gasteiger partial charge in [-0.05, 0) is 25.0 Å². The van der Waals surface area contributed by atoms with Crippen molar-refractivity contribution in [3.63, 3.8) is 0 Å². The van der Waals surface area contributed by atoms with Crippen LogP contribution in [0.5, 0.6) is 0 Å². The molecule has 0 aliphatic heterocycles. The van der Waals surface area contributed by atoms with Gasteiger partial charge in [0.2, 0.25) is 0 Å². The number of hydrazine groups is 1. The first-order chi connectivity index (χ1) is 13.2.